The van der Waals surface area contributed by atoms with Crippen molar-refractivity contribution in [2.24, 2.45) is 27.8 Å². The van der Waals surface area contributed by atoms with Crippen LogP contribution in [-0.4, -0.2) is 44.8 Å². The van der Waals surface area contributed by atoms with Crippen LogP contribution in [-0.2, 0) is 9.53 Å². The third-order valence-corrected chi connectivity index (χ3v) is 11.4. The standard InChI is InChI=1S/C35H41F3N2O3/c1-33-21-29(23-6-10-26(11-7-23)40-18-4-3-5-19-40)32-27-13-9-25(39-42)20-24(27)8-12-28(32)30(33)14-15-34(33,31(41)22-43-2)16-17-35(36,37)38/h6-7,10-11,20,25,28-30H,3-5,8-9,12-15,18-19,21-22H2,1-2H3/t25?,28-,29?,30-,33-,34-/m0/s1. The molecule has 43 heavy (non-hydrogen) atoms. The summed E-state index contributed by atoms with van der Waals surface area (Å²) in [5.41, 5.74) is 4.03. The van der Waals surface area contributed by atoms with Crippen LogP contribution in [0.4, 0.5) is 18.9 Å². The lowest BCUT2D eigenvalue weighted by molar-refractivity contribution is -0.136. The molecule has 0 amide bonds. The SMILES string of the molecule is COCC(=O)[C@@]1(C#CC(F)(F)F)CC[C@H]2[C@@H]3CCC4=CC(N=O)CCC4=C3C(c3ccc(N4CCCCC4)cc3)C[C@@]21C. The van der Waals surface area contributed by atoms with Gasteiger partial charge in [0.1, 0.15) is 12.6 Å². The van der Waals surface area contributed by atoms with Gasteiger partial charge in [0.05, 0.1) is 5.41 Å². The Kier molecular flexibility index (Phi) is 8.08. The molecule has 0 spiro atoms. The number of rotatable bonds is 6. The van der Waals surface area contributed by atoms with Crippen LogP contribution in [0.5, 0.6) is 0 Å². The normalized spacial score (nSPS) is 33.9. The smallest absolute Gasteiger partial charge is 0.377 e. The van der Waals surface area contributed by atoms with Crippen LogP contribution < -0.4 is 4.90 Å². The number of anilines is 1. The third kappa shape index (κ3) is 5.26. The van der Waals surface area contributed by atoms with Gasteiger partial charge in [-0.25, -0.2) is 0 Å². The molecule has 4 aliphatic carbocycles. The highest BCUT2D eigenvalue weighted by atomic mass is 19.4. The Labute approximate surface area is 252 Å². The summed E-state index contributed by atoms with van der Waals surface area (Å²) in [6, 6.07) is 8.44. The molecule has 1 aliphatic heterocycles. The second-order valence-electron chi connectivity index (χ2n) is 13.5. The zero-order valence-corrected chi connectivity index (χ0v) is 25.1. The first-order valence-corrected chi connectivity index (χ1v) is 15.8. The van der Waals surface area contributed by atoms with Gasteiger partial charge in [0.2, 0.25) is 0 Å². The van der Waals surface area contributed by atoms with Crippen molar-refractivity contribution in [1.82, 2.24) is 0 Å². The van der Waals surface area contributed by atoms with E-state index in [1.165, 1.54) is 54.7 Å². The Morgan fingerprint density at radius 2 is 1.84 bits per heavy atom. The molecule has 1 saturated heterocycles. The highest BCUT2D eigenvalue weighted by Crippen LogP contribution is 2.69. The lowest BCUT2D eigenvalue weighted by atomic mass is 9.48. The summed E-state index contributed by atoms with van der Waals surface area (Å²) in [5, 5.41) is 3.32. The summed E-state index contributed by atoms with van der Waals surface area (Å²) in [7, 11) is 1.41. The van der Waals surface area contributed by atoms with Gasteiger partial charge in [-0.05, 0) is 110 Å². The maximum Gasteiger partial charge on any atom is 0.457 e. The lowest BCUT2D eigenvalue weighted by Crippen LogP contribution is -2.51. The van der Waals surface area contributed by atoms with Crippen molar-refractivity contribution < 1.29 is 22.7 Å². The zero-order chi connectivity index (χ0) is 30.4. The first-order valence-electron chi connectivity index (χ1n) is 15.8. The van der Waals surface area contributed by atoms with Crippen molar-refractivity contribution in [2.75, 3.05) is 31.7 Å². The molecule has 3 fully saturated rings. The summed E-state index contributed by atoms with van der Waals surface area (Å²) < 4.78 is 45.9. The van der Waals surface area contributed by atoms with Gasteiger partial charge < -0.3 is 9.64 Å². The number of benzene rings is 1. The van der Waals surface area contributed by atoms with E-state index < -0.39 is 17.0 Å². The zero-order valence-electron chi connectivity index (χ0n) is 25.1. The predicted molar refractivity (Wildman–Crippen MR) is 160 cm³/mol. The molecule has 230 valence electrons. The number of nitroso groups, excluding NO2 is 1. The molecule has 2 unspecified atom stereocenters. The summed E-state index contributed by atoms with van der Waals surface area (Å²) in [5.74, 6) is 3.87. The number of ketones is 1. The Morgan fingerprint density at radius 1 is 1.09 bits per heavy atom. The number of hydrogen-bond acceptors (Lipinski definition) is 5. The van der Waals surface area contributed by atoms with Gasteiger partial charge in [-0.1, -0.05) is 41.8 Å². The van der Waals surface area contributed by atoms with Gasteiger partial charge in [-0.15, -0.1) is 0 Å². The van der Waals surface area contributed by atoms with E-state index in [1.807, 2.05) is 13.0 Å². The van der Waals surface area contributed by atoms with Crippen molar-refractivity contribution >= 4 is 11.5 Å². The number of Topliss-reactive ketones (excluding diaryl/α,β-unsaturated/α-hetero) is 1. The molecule has 1 heterocycles. The van der Waals surface area contributed by atoms with Gasteiger partial charge in [-0.3, -0.25) is 4.79 Å². The Hall–Kier alpha value is -2.92. The predicted octanol–water partition coefficient (Wildman–Crippen LogP) is 7.91. The summed E-state index contributed by atoms with van der Waals surface area (Å²) in [6.07, 6.45) is 5.59. The first kappa shape index (κ1) is 30.1. The lowest BCUT2D eigenvalue weighted by Gasteiger charge is -2.54. The fourth-order valence-electron chi connectivity index (χ4n) is 9.42. The minimum Gasteiger partial charge on any atom is -0.377 e. The molecule has 2 saturated carbocycles. The molecular formula is C35H41F3N2O3. The van der Waals surface area contributed by atoms with E-state index in [-0.39, 0.29) is 36.2 Å². The number of nitrogens with zero attached hydrogens (tertiary/aromatic N) is 2. The average molecular weight is 595 g/mol. The number of allylic oxidation sites excluding steroid dienone is 3. The number of hydrogen-bond donors (Lipinski definition) is 0. The molecule has 1 aromatic carbocycles. The average Bonchev–Trinajstić information content (AvgIpc) is 3.32. The van der Waals surface area contributed by atoms with E-state index >= 15 is 0 Å². The third-order valence-electron chi connectivity index (χ3n) is 11.4. The van der Waals surface area contributed by atoms with Crippen LogP contribution in [0.2, 0.25) is 0 Å². The van der Waals surface area contributed by atoms with Crippen molar-refractivity contribution in [3.8, 4) is 11.8 Å². The molecule has 5 nitrogen and oxygen atoms in total. The maximum absolute atomic E-state index is 13.8. The van der Waals surface area contributed by atoms with Gasteiger partial charge >= 0.3 is 6.18 Å². The van der Waals surface area contributed by atoms with Crippen molar-refractivity contribution in [2.45, 2.75) is 89.3 Å². The van der Waals surface area contributed by atoms with E-state index in [0.29, 0.717) is 25.7 Å². The second kappa shape index (κ2) is 11.5. The van der Waals surface area contributed by atoms with Gasteiger partial charge in [0, 0.05) is 37.7 Å². The molecule has 1 aromatic rings. The largest absolute Gasteiger partial charge is 0.457 e. The number of halogens is 3. The number of carbonyl (C=O) groups is 1. The van der Waals surface area contributed by atoms with E-state index in [2.05, 4.69) is 40.3 Å². The van der Waals surface area contributed by atoms with Crippen molar-refractivity contribution in [3.05, 3.63) is 57.5 Å². The fourth-order valence-corrected chi connectivity index (χ4v) is 9.42. The molecule has 0 aromatic heterocycles. The molecule has 5 aliphatic rings. The van der Waals surface area contributed by atoms with Crippen LogP contribution in [0, 0.1) is 39.4 Å². The molecule has 8 heteroatoms. The topological polar surface area (TPSA) is 59.0 Å². The first-order chi connectivity index (χ1) is 20.6. The van der Waals surface area contributed by atoms with E-state index in [4.69, 9.17) is 4.74 Å². The molecular weight excluding hydrogens is 553 g/mol. The molecule has 0 bridgehead atoms. The molecule has 6 rings (SSSR count). The second-order valence-corrected chi connectivity index (χ2v) is 13.5. The van der Waals surface area contributed by atoms with Crippen LogP contribution >= 0.6 is 0 Å². The van der Waals surface area contributed by atoms with E-state index in [1.54, 1.807) is 0 Å². The van der Waals surface area contributed by atoms with Gasteiger partial charge in [0.15, 0.2) is 5.78 Å². The van der Waals surface area contributed by atoms with Crippen LogP contribution in [0.1, 0.15) is 82.6 Å². The fraction of sp³-hybridized carbons (Fsp3) is 0.629. The van der Waals surface area contributed by atoms with Gasteiger partial charge in [0.25, 0.3) is 0 Å². The number of piperidine rings is 1. The van der Waals surface area contributed by atoms with Crippen LogP contribution in [0.25, 0.3) is 0 Å². The highest BCUT2D eigenvalue weighted by Gasteiger charge is 2.65. The van der Waals surface area contributed by atoms with E-state index in [0.717, 1.165) is 37.9 Å². The Bertz CT molecular complexity index is 1380. The van der Waals surface area contributed by atoms with Crippen molar-refractivity contribution in [3.63, 3.8) is 0 Å². The summed E-state index contributed by atoms with van der Waals surface area (Å²) in [6.45, 7) is 3.86. The van der Waals surface area contributed by atoms with Crippen molar-refractivity contribution in [1.29, 1.82) is 0 Å². The number of carbonyl (C=O) groups excluding carboxylic acids is 1. The number of methoxy groups -OCH3 is 1. The van der Waals surface area contributed by atoms with Crippen LogP contribution in [0.3, 0.4) is 0 Å². The number of ether oxygens (including phenoxy) is 1. The molecule has 0 radical (unpaired) electrons. The Morgan fingerprint density at radius 3 is 2.51 bits per heavy atom. The summed E-state index contributed by atoms with van der Waals surface area (Å²) >= 11 is 0. The number of fused-ring (bicyclic) bond motifs is 4. The quantitative estimate of drug-likeness (QED) is 0.248. The molecule has 0 N–H and O–H groups in total. The summed E-state index contributed by atoms with van der Waals surface area (Å²) in [4.78, 5) is 27.7. The van der Waals surface area contributed by atoms with Crippen LogP contribution in [0.15, 0.2) is 52.2 Å². The minimum absolute atomic E-state index is 0.0330. The number of alkyl halides is 3. The monoisotopic (exact) mass is 594 g/mol. The minimum atomic E-state index is -4.68. The molecule has 6 atom stereocenters. The Balaban J connectivity index is 1.48. The van der Waals surface area contributed by atoms with Gasteiger partial charge in [-0.2, -0.15) is 18.1 Å². The maximum atomic E-state index is 13.8. The highest BCUT2D eigenvalue weighted by molar-refractivity contribution is 5.90. The van der Waals surface area contributed by atoms with E-state index in [9.17, 15) is 22.9 Å².